The first kappa shape index (κ1) is 27.2. The van der Waals surface area contributed by atoms with E-state index in [-0.39, 0.29) is 46.9 Å². The van der Waals surface area contributed by atoms with Gasteiger partial charge in [0, 0.05) is 18.5 Å². The van der Waals surface area contributed by atoms with Gasteiger partial charge in [0.05, 0.1) is 19.6 Å². The Morgan fingerprint density at radius 1 is 1.05 bits per heavy atom. The number of hydrogen-bond acceptors (Lipinski definition) is 4. The van der Waals surface area contributed by atoms with E-state index in [9.17, 15) is 14.7 Å². The molecule has 2 amide bonds. The number of aliphatic hydroxyl groups excluding tert-OH is 1. The summed E-state index contributed by atoms with van der Waals surface area (Å²) in [6.07, 6.45) is 3.50. The summed E-state index contributed by atoms with van der Waals surface area (Å²) in [5, 5.41) is 18.0. The quantitative estimate of drug-likeness (QED) is 0.492. The Labute approximate surface area is 221 Å². The maximum atomic E-state index is 13.1. The van der Waals surface area contributed by atoms with Crippen LogP contribution in [0.1, 0.15) is 57.6 Å². The van der Waals surface area contributed by atoms with E-state index in [4.69, 9.17) is 4.74 Å². The third-order valence-corrected chi connectivity index (χ3v) is 9.12. The van der Waals surface area contributed by atoms with Gasteiger partial charge in [-0.15, -0.1) is 0 Å². The fourth-order valence-corrected chi connectivity index (χ4v) is 6.82. The van der Waals surface area contributed by atoms with Crippen molar-refractivity contribution in [1.82, 2.24) is 10.6 Å². The van der Waals surface area contributed by atoms with Crippen molar-refractivity contribution in [3.05, 3.63) is 65.7 Å². The number of fused-ring (bicyclic) bond motifs is 1. The van der Waals surface area contributed by atoms with Gasteiger partial charge in [-0.3, -0.25) is 9.59 Å². The van der Waals surface area contributed by atoms with Crippen LogP contribution in [0.15, 0.2) is 54.6 Å². The summed E-state index contributed by atoms with van der Waals surface area (Å²) in [7, 11) is 1.63. The summed E-state index contributed by atoms with van der Waals surface area (Å²) < 4.78 is 5.20. The molecule has 0 aromatic heterocycles. The number of amides is 2. The smallest absolute Gasteiger partial charge is 0.224 e. The van der Waals surface area contributed by atoms with Crippen molar-refractivity contribution < 1.29 is 19.4 Å². The lowest BCUT2D eigenvalue weighted by Crippen LogP contribution is -2.58. The van der Waals surface area contributed by atoms with Gasteiger partial charge in [0.1, 0.15) is 5.75 Å². The zero-order chi connectivity index (χ0) is 26.6. The number of hydrogen-bond donors (Lipinski definition) is 3. The van der Waals surface area contributed by atoms with E-state index in [2.05, 4.69) is 24.5 Å². The maximum Gasteiger partial charge on any atom is 0.224 e. The second kappa shape index (κ2) is 11.7. The number of aliphatic hydroxyl groups is 1. The summed E-state index contributed by atoms with van der Waals surface area (Å²) in [6.45, 7) is 6.83. The van der Waals surface area contributed by atoms with Gasteiger partial charge in [-0.1, -0.05) is 63.2 Å². The number of carbonyl (C=O) groups excluding carboxylic acids is 2. The van der Waals surface area contributed by atoms with Crippen molar-refractivity contribution in [1.29, 1.82) is 0 Å². The normalized spacial score (nSPS) is 30.0. The number of nitrogens with one attached hydrogen (secondary N) is 2. The molecule has 0 heterocycles. The van der Waals surface area contributed by atoms with Crippen molar-refractivity contribution in [3.63, 3.8) is 0 Å². The van der Waals surface area contributed by atoms with Crippen LogP contribution in [0.5, 0.6) is 5.75 Å². The highest BCUT2D eigenvalue weighted by Gasteiger charge is 2.53. The molecule has 0 saturated heterocycles. The number of rotatable bonds is 8. The molecule has 2 aliphatic rings. The van der Waals surface area contributed by atoms with Crippen LogP contribution in [0.4, 0.5) is 0 Å². The molecule has 0 aliphatic heterocycles. The number of ether oxygens (including phenoxy) is 1. The standard InChI is InChI=1S/C31H42N2O4/c1-20(30(36)32-19-23-10-12-24(37-4)13-11-23)25-14-16-31(3)17-15-26(21(2)28(31)29(25)35)33-27(34)18-22-8-6-5-7-9-22/h5-13,20-21,25-26,28-29,35H,14-19H2,1-4H3,(H,32,36)(H,33,34)/t20-,21+,25+,26-,28+,29-,31-/m0/s1. The van der Waals surface area contributed by atoms with E-state index in [0.717, 1.165) is 42.6 Å². The highest BCUT2D eigenvalue weighted by atomic mass is 16.5. The summed E-state index contributed by atoms with van der Waals surface area (Å²) in [5.74, 6) is 0.560. The molecular formula is C31H42N2O4. The monoisotopic (exact) mass is 506 g/mol. The molecule has 0 spiro atoms. The Morgan fingerprint density at radius 3 is 2.41 bits per heavy atom. The Hall–Kier alpha value is -2.86. The lowest BCUT2D eigenvalue weighted by Gasteiger charge is -2.56. The third-order valence-electron chi connectivity index (χ3n) is 9.12. The molecule has 0 bridgehead atoms. The SMILES string of the molecule is COc1ccc(CNC(=O)[C@@H](C)[C@H]2CC[C@@]3(C)CC[C@H](NC(=O)Cc4ccccc4)[C@@H](C)[C@@H]3[C@H]2O)cc1. The first-order valence-electron chi connectivity index (χ1n) is 13.6. The Bertz CT molecular complexity index is 1060. The number of carbonyl (C=O) groups is 2. The second-order valence-corrected chi connectivity index (χ2v) is 11.5. The molecule has 0 unspecified atom stereocenters. The van der Waals surface area contributed by atoms with Crippen LogP contribution in [-0.4, -0.2) is 36.2 Å². The van der Waals surface area contributed by atoms with Gasteiger partial charge in [0.2, 0.25) is 11.8 Å². The van der Waals surface area contributed by atoms with E-state index < -0.39 is 6.10 Å². The zero-order valence-corrected chi connectivity index (χ0v) is 22.6. The summed E-state index contributed by atoms with van der Waals surface area (Å²) >= 11 is 0. The van der Waals surface area contributed by atoms with Crippen LogP contribution in [0.25, 0.3) is 0 Å². The first-order valence-corrected chi connectivity index (χ1v) is 13.6. The molecule has 2 aromatic carbocycles. The van der Waals surface area contributed by atoms with E-state index in [1.165, 1.54) is 0 Å². The lowest BCUT2D eigenvalue weighted by molar-refractivity contribution is -0.143. The van der Waals surface area contributed by atoms with Gasteiger partial charge in [-0.25, -0.2) is 0 Å². The predicted octanol–water partition coefficient (Wildman–Crippen LogP) is 4.50. The Kier molecular flexibility index (Phi) is 8.58. The van der Waals surface area contributed by atoms with Crippen molar-refractivity contribution in [2.24, 2.45) is 29.1 Å². The van der Waals surface area contributed by atoms with Gasteiger partial charge in [0.15, 0.2) is 0 Å². The van der Waals surface area contributed by atoms with E-state index in [1.54, 1.807) is 7.11 Å². The molecule has 0 radical (unpaired) electrons. The van der Waals surface area contributed by atoms with Gasteiger partial charge in [-0.05, 0) is 72.1 Å². The maximum absolute atomic E-state index is 13.1. The van der Waals surface area contributed by atoms with E-state index in [1.807, 2.05) is 61.5 Å². The largest absolute Gasteiger partial charge is 0.497 e. The molecule has 2 saturated carbocycles. The highest BCUT2D eigenvalue weighted by Crippen LogP contribution is 2.55. The summed E-state index contributed by atoms with van der Waals surface area (Å²) in [5.41, 5.74) is 2.03. The molecule has 200 valence electrons. The van der Waals surface area contributed by atoms with Crippen LogP contribution in [0, 0.1) is 29.1 Å². The average Bonchev–Trinajstić information content (AvgIpc) is 2.89. The van der Waals surface area contributed by atoms with E-state index >= 15 is 0 Å². The summed E-state index contributed by atoms with van der Waals surface area (Å²) in [4.78, 5) is 25.9. The molecular weight excluding hydrogens is 464 g/mol. The molecule has 37 heavy (non-hydrogen) atoms. The molecule has 2 fully saturated rings. The van der Waals surface area contributed by atoms with Crippen molar-refractivity contribution in [2.75, 3.05) is 7.11 Å². The molecule has 7 atom stereocenters. The minimum atomic E-state index is -0.579. The molecule has 2 aromatic rings. The predicted molar refractivity (Wildman–Crippen MR) is 145 cm³/mol. The molecule has 3 N–H and O–H groups in total. The fraction of sp³-hybridized carbons (Fsp3) is 0.548. The Balaban J connectivity index is 1.37. The van der Waals surface area contributed by atoms with E-state index in [0.29, 0.717) is 13.0 Å². The molecule has 2 aliphatic carbocycles. The zero-order valence-electron chi connectivity index (χ0n) is 22.6. The number of benzene rings is 2. The van der Waals surface area contributed by atoms with Crippen LogP contribution in [-0.2, 0) is 22.6 Å². The van der Waals surface area contributed by atoms with Crippen molar-refractivity contribution in [3.8, 4) is 5.75 Å². The van der Waals surface area contributed by atoms with Crippen molar-refractivity contribution in [2.45, 2.75) is 71.6 Å². The van der Waals surface area contributed by atoms with Crippen LogP contribution < -0.4 is 15.4 Å². The highest BCUT2D eigenvalue weighted by molar-refractivity contribution is 5.79. The van der Waals surface area contributed by atoms with Gasteiger partial charge in [-0.2, -0.15) is 0 Å². The van der Waals surface area contributed by atoms with Gasteiger partial charge >= 0.3 is 0 Å². The lowest BCUT2D eigenvalue weighted by atomic mass is 9.51. The van der Waals surface area contributed by atoms with Crippen LogP contribution in [0.3, 0.4) is 0 Å². The van der Waals surface area contributed by atoms with Gasteiger partial charge < -0.3 is 20.5 Å². The average molecular weight is 507 g/mol. The van der Waals surface area contributed by atoms with Crippen LogP contribution in [0.2, 0.25) is 0 Å². The molecule has 6 heteroatoms. The second-order valence-electron chi connectivity index (χ2n) is 11.5. The number of methoxy groups -OCH3 is 1. The molecule has 4 rings (SSSR count). The topological polar surface area (TPSA) is 87.7 Å². The Morgan fingerprint density at radius 2 is 1.73 bits per heavy atom. The van der Waals surface area contributed by atoms with Crippen molar-refractivity contribution >= 4 is 11.8 Å². The minimum absolute atomic E-state index is 0.0231. The first-order chi connectivity index (χ1) is 17.7. The van der Waals surface area contributed by atoms with Gasteiger partial charge in [0.25, 0.3) is 0 Å². The minimum Gasteiger partial charge on any atom is -0.497 e. The fourth-order valence-electron chi connectivity index (χ4n) is 6.82. The third kappa shape index (κ3) is 6.18. The molecule has 6 nitrogen and oxygen atoms in total. The summed E-state index contributed by atoms with van der Waals surface area (Å²) in [6, 6.07) is 17.5. The van der Waals surface area contributed by atoms with Crippen LogP contribution >= 0.6 is 0 Å².